The quantitative estimate of drug-likeness (QED) is 0.113. The average Bonchev–Trinajstić information content (AvgIpc) is 2.97. The van der Waals surface area contributed by atoms with Crippen molar-refractivity contribution in [2.45, 2.75) is 54.9 Å². The summed E-state index contributed by atoms with van der Waals surface area (Å²) in [5.41, 5.74) is 0.388. The highest BCUT2D eigenvalue weighted by Gasteiger charge is 2.28. The number of hydrogen-bond acceptors (Lipinski definition) is 14. The van der Waals surface area contributed by atoms with Gasteiger partial charge in [0.1, 0.15) is 46.0 Å². The minimum Gasteiger partial charge on any atom is -0.508 e. The minimum atomic E-state index is -1.04. The number of phenols is 3. The molecule has 260 valence electrons. The zero-order valence-electron chi connectivity index (χ0n) is 26.8. The van der Waals surface area contributed by atoms with Crippen LogP contribution in [0.3, 0.4) is 0 Å². The molecule has 0 fully saturated rings. The average molecular weight is 665 g/mol. The number of esters is 3. The standard InChI is InChI=1S/C15H16O6.C10H16O5.C7H8O3.CH4/c1-4-20-13(17)7-10-8(2)14-11(19-3)5-9(16)6-12(14)21-15(10)18;1-4-14-9(12)6-8(7(3)11)10(13)15-5-2;1-10-7-3-5(8)2-6(9)4-7;/h5-6,16H,4,7H2,1-3H3;8H,4-6H2,1-3H3;2-4,8-9H,1H3;1H4. The summed E-state index contributed by atoms with van der Waals surface area (Å²) in [6.45, 7) is 8.60. The lowest BCUT2D eigenvalue weighted by atomic mass is 10.0. The van der Waals surface area contributed by atoms with Crippen LogP contribution in [0.4, 0.5) is 0 Å². The molecule has 47 heavy (non-hydrogen) atoms. The van der Waals surface area contributed by atoms with Crippen LogP contribution in [0.25, 0.3) is 11.0 Å². The zero-order chi connectivity index (χ0) is 35.0. The van der Waals surface area contributed by atoms with Crippen LogP contribution in [0.2, 0.25) is 0 Å². The molecule has 14 nitrogen and oxygen atoms in total. The van der Waals surface area contributed by atoms with Gasteiger partial charge in [-0.15, -0.1) is 0 Å². The third-order valence-corrected chi connectivity index (χ3v) is 6.02. The number of aromatic hydroxyl groups is 3. The molecule has 2 aromatic carbocycles. The van der Waals surface area contributed by atoms with Crippen molar-refractivity contribution < 1.29 is 62.6 Å². The molecule has 3 rings (SSSR count). The number of benzene rings is 2. The summed E-state index contributed by atoms with van der Waals surface area (Å²) in [4.78, 5) is 57.0. The summed E-state index contributed by atoms with van der Waals surface area (Å²) < 4.78 is 29.3. The van der Waals surface area contributed by atoms with Crippen LogP contribution in [0.5, 0.6) is 28.7 Å². The Balaban J connectivity index is 0.000000715. The lowest BCUT2D eigenvalue weighted by Crippen LogP contribution is -2.27. The van der Waals surface area contributed by atoms with E-state index in [1.54, 1.807) is 27.7 Å². The van der Waals surface area contributed by atoms with Gasteiger partial charge in [0.25, 0.3) is 0 Å². The van der Waals surface area contributed by atoms with Gasteiger partial charge in [0.2, 0.25) is 0 Å². The van der Waals surface area contributed by atoms with Gasteiger partial charge in [0.15, 0.2) is 0 Å². The van der Waals surface area contributed by atoms with Crippen molar-refractivity contribution in [3.05, 3.63) is 51.9 Å². The fraction of sp³-hybridized carbons (Fsp3) is 0.424. The number of ketones is 1. The van der Waals surface area contributed by atoms with Gasteiger partial charge < -0.3 is 43.4 Å². The van der Waals surface area contributed by atoms with Crippen LogP contribution in [-0.2, 0) is 39.8 Å². The number of Topliss-reactive ketones (excluding diaryl/α,β-unsaturated/α-hetero) is 1. The van der Waals surface area contributed by atoms with Gasteiger partial charge >= 0.3 is 23.5 Å². The third-order valence-electron chi connectivity index (χ3n) is 6.02. The molecule has 3 aromatic rings. The van der Waals surface area contributed by atoms with E-state index < -0.39 is 29.5 Å². The predicted molar refractivity (Wildman–Crippen MR) is 171 cm³/mol. The number of methoxy groups -OCH3 is 2. The number of phenolic OH excluding ortho intramolecular Hbond substituents is 3. The Morgan fingerprint density at radius 3 is 1.81 bits per heavy atom. The van der Waals surface area contributed by atoms with Crippen molar-refractivity contribution in [3.63, 3.8) is 0 Å². The number of ether oxygens (including phenoxy) is 5. The van der Waals surface area contributed by atoms with Crippen molar-refractivity contribution in [2.75, 3.05) is 34.0 Å². The Labute approximate surface area is 272 Å². The molecule has 0 amide bonds. The largest absolute Gasteiger partial charge is 0.508 e. The SMILES string of the molecule is C.CCOC(=O)CC(C(C)=O)C(=O)OCC.CCOC(=O)Cc1c(C)c2c(OC)cc(O)cc2oc1=O.COc1cc(O)cc(O)c1. The van der Waals surface area contributed by atoms with Crippen LogP contribution in [0.1, 0.15) is 52.7 Å². The lowest BCUT2D eigenvalue weighted by molar-refractivity contribution is -0.157. The first-order valence-electron chi connectivity index (χ1n) is 14.1. The van der Waals surface area contributed by atoms with Gasteiger partial charge in [0.05, 0.1) is 57.8 Å². The fourth-order valence-corrected chi connectivity index (χ4v) is 3.92. The summed E-state index contributed by atoms with van der Waals surface area (Å²) in [5, 5.41) is 27.9. The summed E-state index contributed by atoms with van der Waals surface area (Å²) in [6, 6.07) is 6.83. The van der Waals surface area contributed by atoms with Crippen molar-refractivity contribution in [1.29, 1.82) is 0 Å². The molecule has 0 aliphatic carbocycles. The Morgan fingerprint density at radius 1 is 0.787 bits per heavy atom. The van der Waals surface area contributed by atoms with Crippen molar-refractivity contribution in [2.24, 2.45) is 5.92 Å². The zero-order valence-corrected chi connectivity index (χ0v) is 26.8. The van der Waals surface area contributed by atoms with E-state index >= 15 is 0 Å². The normalized spacial score (nSPS) is 10.4. The highest BCUT2D eigenvalue weighted by Crippen LogP contribution is 2.33. The van der Waals surface area contributed by atoms with E-state index in [9.17, 15) is 29.1 Å². The molecule has 0 bridgehead atoms. The van der Waals surface area contributed by atoms with E-state index in [-0.39, 0.29) is 74.3 Å². The van der Waals surface area contributed by atoms with Gasteiger partial charge in [-0.2, -0.15) is 0 Å². The lowest BCUT2D eigenvalue weighted by Gasteiger charge is -2.11. The first kappa shape index (κ1) is 41.7. The number of carbonyl (C=O) groups excluding carboxylic acids is 4. The summed E-state index contributed by atoms with van der Waals surface area (Å²) in [5.74, 6) is -2.41. The highest BCUT2D eigenvalue weighted by molar-refractivity contribution is 6.00. The van der Waals surface area contributed by atoms with Crippen molar-refractivity contribution in [3.8, 4) is 28.7 Å². The van der Waals surface area contributed by atoms with Crippen LogP contribution in [0.15, 0.2) is 39.5 Å². The van der Waals surface area contributed by atoms with Crippen LogP contribution < -0.4 is 15.1 Å². The molecular weight excluding hydrogens is 620 g/mol. The maximum Gasteiger partial charge on any atom is 0.340 e. The first-order valence-corrected chi connectivity index (χ1v) is 14.1. The molecule has 1 atom stereocenters. The van der Waals surface area contributed by atoms with E-state index in [2.05, 4.69) is 9.47 Å². The number of aryl methyl sites for hydroxylation is 1. The number of hydrogen-bond donors (Lipinski definition) is 3. The van der Waals surface area contributed by atoms with Gasteiger partial charge in [-0.3, -0.25) is 19.2 Å². The molecular formula is C33H44O14. The molecule has 0 aliphatic rings. The van der Waals surface area contributed by atoms with E-state index in [0.717, 1.165) is 0 Å². The molecule has 1 unspecified atom stereocenters. The van der Waals surface area contributed by atoms with Crippen LogP contribution in [0, 0.1) is 12.8 Å². The van der Waals surface area contributed by atoms with E-state index in [4.69, 9.17) is 28.8 Å². The first-order chi connectivity index (χ1) is 21.7. The van der Waals surface area contributed by atoms with Crippen molar-refractivity contribution in [1.82, 2.24) is 0 Å². The number of fused-ring (bicyclic) bond motifs is 1. The molecule has 0 saturated carbocycles. The summed E-state index contributed by atoms with van der Waals surface area (Å²) in [7, 11) is 2.91. The van der Waals surface area contributed by atoms with Crippen molar-refractivity contribution >= 4 is 34.7 Å². The van der Waals surface area contributed by atoms with Gasteiger partial charge in [-0.05, 0) is 40.2 Å². The number of rotatable bonds is 11. The summed E-state index contributed by atoms with van der Waals surface area (Å²) in [6.07, 6.45) is -0.413. The second kappa shape index (κ2) is 20.7. The summed E-state index contributed by atoms with van der Waals surface area (Å²) >= 11 is 0. The molecule has 0 saturated heterocycles. The van der Waals surface area contributed by atoms with Crippen LogP contribution in [-0.4, -0.2) is 73.1 Å². The van der Waals surface area contributed by atoms with Crippen LogP contribution >= 0.6 is 0 Å². The second-order valence-electron chi connectivity index (χ2n) is 9.31. The highest BCUT2D eigenvalue weighted by atomic mass is 16.5. The van der Waals surface area contributed by atoms with Gasteiger partial charge in [-0.1, -0.05) is 7.43 Å². The predicted octanol–water partition coefficient (Wildman–Crippen LogP) is 4.37. The maximum absolute atomic E-state index is 12.0. The van der Waals surface area contributed by atoms with E-state index in [0.29, 0.717) is 22.4 Å². The molecule has 0 aliphatic heterocycles. The smallest absolute Gasteiger partial charge is 0.340 e. The molecule has 0 spiro atoms. The Bertz CT molecular complexity index is 1540. The molecule has 1 heterocycles. The van der Waals surface area contributed by atoms with Gasteiger partial charge in [0, 0.05) is 30.3 Å². The minimum absolute atomic E-state index is 0. The monoisotopic (exact) mass is 664 g/mol. The third kappa shape index (κ3) is 13.3. The Kier molecular flexibility index (Phi) is 18.4. The fourth-order valence-electron chi connectivity index (χ4n) is 3.92. The molecule has 1 aromatic heterocycles. The molecule has 0 radical (unpaired) electrons. The number of carbonyl (C=O) groups is 4. The van der Waals surface area contributed by atoms with E-state index in [1.165, 1.54) is 51.5 Å². The second-order valence-corrected chi connectivity index (χ2v) is 9.31. The Morgan fingerprint density at radius 2 is 1.32 bits per heavy atom. The van der Waals surface area contributed by atoms with Gasteiger partial charge in [-0.25, -0.2) is 4.79 Å². The topological polar surface area (TPSA) is 205 Å². The maximum atomic E-state index is 12.0. The molecule has 3 N–H and O–H groups in total. The molecule has 14 heteroatoms. The van der Waals surface area contributed by atoms with E-state index in [1.807, 2.05) is 0 Å². The Hall–Kier alpha value is -5.27.